The quantitative estimate of drug-likeness (QED) is 0.221. The van der Waals surface area contributed by atoms with Crippen LogP contribution < -0.4 is 0 Å². The molecule has 0 spiro atoms. The van der Waals surface area contributed by atoms with Gasteiger partial charge in [-0.3, -0.25) is 4.79 Å². The van der Waals surface area contributed by atoms with E-state index in [0.717, 1.165) is 31.0 Å². The van der Waals surface area contributed by atoms with Gasteiger partial charge in [0, 0.05) is 31.3 Å². The number of aliphatic hydroxyl groups excluding tert-OH is 1. The van der Waals surface area contributed by atoms with Gasteiger partial charge in [0.05, 0.1) is 49.3 Å². The predicted octanol–water partition coefficient (Wildman–Crippen LogP) is 5.22. The molecule has 0 unspecified atom stereocenters. The third kappa shape index (κ3) is 6.25. The zero-order valence-electron chi connectivity index (χ0n) is 27.8. The zero-order chi connectivity index (χ0) is 31.1. The smallest absolute Gasteiger partial charge is 0.306 e. The third-order valence-electron chi connectivity index (χ3n) is 11.6. The molecule has 11 atom stereocenters. The Hall–Kier alpha value is -0.593. The first kappa shape index (κ1) is 34.3. The van der Waals surface area contributed by atoms with Crippen molar-refractivity contribution in [2.45, 2.75) is 160 Å². The standard InChI is InChI=1S/C32H58O9Si/c1-11-42(12-2,13-3)41-27-21(5)29(31(8)16-14-23(39-31)30(7)17-15-24(33)40-30)38-28(27)25(34)20(4)26(35-10)22(6)32(9)36-18-19-37-32/h20-23,25-29,34H,11-19H2,1-10H3/t20-,21+,22-,23-,25+,26+,27-,28+,29-,30+,31+/m1/s1. The molecular formula is C32H58O9Si. The maximum absolute atomic E-state index is 12.1. The monoisotopic (exact) mass is 614 g/mol. The Morgan fingerprint density at radius 1 is 1.02 bits per heavy atom. The van der Waals surface area contributed by atoms with Crippen LogP contribution in [0.15, 0.2) is 0 Å². The van der Waals surface area contributed by atoms with Crippen LogP contribution in [0, 0.1) is 17.8 Å². The first-order valence-corrected chi connectivity index (χ1v) is 19.0. The highest BCUT2D eigenvalue weighted by Crippen LogP contribution is 2.49. The van der Waals surface area contributed by atoms with Crippen molar-refractivity contribution in [3.05, 3.63) is 0 Å². The van der Waals surface area contributed by atoms with E-state index in [1.165, 1.54) is 0 Å². The molecule has 4 rings (SSSR count). The van der Waals surface area contributed by atoms with E-state index in [2.05, 4.69) is 41.5 Å². The SMILES string of the molecule is CC[Si](CC)(CC)O[C@@H]1[C@H](C)[C@H]([C@]2(C)CC[C@H]([C@]3(C)CCC(=O)O3)O2)O[C@H]1[C@@H](O)[C@@H](C)[C@H](OC)[C@@H](C)C1(C)OCCO1. The molecule has 4 saturated heterocycles. The Morgan fingerprint density at radius 2 is 1.64 bits per heavy atom. The Bertz CT molecular complexity index is 915. The molecule has 0 aromatic heterocycles. The zero-order valence-corrected chi connectivity index (χ0v) is 28.8. The summed E-state index contributed by atoms with van der Waals surface area (Å²) in [6, 6.07) is 3.03. The summed E-state index contributed by atoms with van der Waals surface area (Å²) < 4.78 is 44.6. The number of ether oxygens (including phenoxy) is 6. The van der Waals surface area contributed by atoms with Crippen molar-refractivity contribution in [1.29, 1.82) is 0 Å². The van der Waals surface area contributed by atoms with Crippen LogP contribution in [-0.4, -0.2) is 93.3 Å². The predicted molar refractivity (Wildman–Crippen MR) is 162 cm³/mol. The van der Waals surface area contributed by atoms with Crippen molar-refractivity contribution in [3.63, 3.8) is 0 Å². The van der Waals surface area contributed by atoms with Crippen molar-refractivity contribution >= 4 is 14.3 Å². The van der Waals surface area contributed by atoms with Gasteiger partial charge in [0.2, 0.25) is 0 Å². The van der Waals surface area contributed by atoms with Crippen molar-refractivity contribution in [3.8, 4) is 0 Å². The molecular weight excluding hydrogens is 556 g/mol. The number of hydrogen-bond acceptors (Lipinski definition) is 9. The lowest BCUT2D eigenvalue weighted by atomic mass is 9.80. The van der Waals surface area contributed by atoms with Crippen LogP contribution in [-0.2, 0) is 37.6 Å². The van der Waals surface area contributed by atoms with E-state index in [1.807, 2.05) is 20.8 Å². The normalized spacial score (nSPS) is 39.8. The second-order valence-corrected chi connectivity index (χ2v) is 18.7. The summed E-state index contributed by atoms with van der Waals surface area (Å²) in [7, 11) is -0.360. The third-order valence-corrected chi connectivity index (χ3v) is 16.2. The van der Waals surface area contributed by atoms with Gasteiger partial charge in [0.15, 0.2) is 14.1 Å². The van der Waals surface area contributed by atoms with Crippen molar-refractivity contribution < 1.29 is 42.7 Å². The first-order valence-electron chi connectivity index (χ1n) is 16.4. The molecule has 0 radical (unpaired) electrons. The van der Waals surface area contributed by atoms with Gasteiger partial charge in [-0.2, -0.15) is 0 Å². The maximum atomic E-state index is 12.1. The number of carbonyl (C=O) groups is 1. The molecule has 4 aliphatic heterocycles. The van der Waals surface area contributed by atoms with Gasteiger partial charge in [-0.15, -0.1) is 0 Å². The Morgan fingerprint density at radius 3 is 2.17 bits per heavy atom. The average molecular weight is 615 g/mol. The highest BCUT2D eigenvalue weighted by Gasteiger charge is 2.60. The highest BCUT2D eigenvalue weighted by molar-refractivity contribution is 6.73. The number of cyclic esters (lactones) is 1. The summed E-state index contributed by atoms with van der Waals surface area (Å²) in [5.74, 6) is -1.33. The summed E-state index contributed by atoms with van der Waals surface area (Å²) in [5, 5.41) is 12.1. The highest BCUT2D eigenvalue weighted by atomic mass is 28.4. The average Bonchev–Trinajstić information content (AvgIpc) is 3.75. The molecule has 10 heteroatoms. The van der Waals surface area contributed by atoms with Gasteiger partial charge in [0.1, 0.15) is 11.7 Å². The van der Waals surface area contributed by atoms with E-state index in [-0.39, 0.29) is 48.1 Å². The molecule has 0 aliphatic carbocycles. The van der Waals surface area contributed by atoms with Crippen LogP contribution in [0.2, 0.25) is 18.1 Å². The number of aliphatic hydroxyl groups is 1. The fourth-order valence-electron chi connectivity index (χ4n) is 8.18. The van der Waals surface area contributed by atoms with Crippen LogP contribution in [0.1, 0.15) is 88.0 Å². The molecule has 244 valence electrons. The van der Waals surface area contributed by atoms with Crippen LogP contribution in [0.25, 0.3) is 0 Å². The number of carbonyl (C=O) groups excluding carboxylic acids is 1. The second kappa shape index (κ2) is 13.0. The van der Waals surface area contributed by atoms with Gasteiger partial charge in [0.25, 0.3) is 0 Å². The van der Waals surface area contributed by atoms with Crippen LogP contribution in [0.5, 0.6) is 0 Å². The molecule has 0 bridgehead atoms. The minimum Gasteiger partial charge on any atom is -0.457 e. The van der Waals surface area contributed by atoms with Gasteiger partial charge in [-0.1, -0.05) is 41.5 Å². The van der Waals surface area contributed by atoms with Gasteiger partial charge < -0.3 is 38.0 Å². The van der Waals surface area contributed by atoms with Crippen molar-refractivity contribution in [1.82, 2.24) is 0 Å². The van der Waals surface area contributed by atoms with E-state index in [0.29, 0.717) is 26.1 Å². The molecule has 9 nitrogen and oxygen atoms in total. The Labute approximate surface area is 254 Å². The molecule has 0 amide bonds. The number of methoxy groups -OCH3 is 1. The van der Waals surface area contributed by atoms with E-state index in [1.54, 1.807) is 7.11 Å². The van der Waals surface area contributed by atoms with Crippen LogP contribution in [0.4, 0.5) is 0 Å². The lowest BCUT2D eigenvalue weighted by Crippen LogP contribution is -2.53. The lowest BCUT2D eigenvalue weighted by molar-refractivity contribution is -0.219. The number of rotatable bonds is 13. The van der Waals surface area contributed by atoms with Gasteiger partial charge in [-0.25, -0.2) is 0 Å². The largest absolute Gasteiger partial charge is 0.457 e. The molecule has 1 N–H and O–H groups in total. The summed E-state index contributed by atoms with van der Waals surface area (Å²) in [6.45, 7) is 20.1. The molecule has 0 aromatic rings. The molecule has 4 fully saturated rings. The van der Waals surface area contributed by atoms with Crippen molar-refractivity contribution in [2.75, 3.05) is 20.3 Å². The van der Waals surface area contributed by atoms with Crippen LogP contribution >= 0.6 is 0 Å². The summed E-state index contributed by atoms with van der Waals surface area (Å²) in [5.41, 5.74) is -1.21. The lowest BCUT2D eigenvalue weighted by Gasteiger charge is -2.41. The van der Waals surface area contributed by atoms with E-state index in [4.69, 9.17) is 32.8 Å². The minimum atomic E-state index is -2.05. The van der Waals surface area contributed by atoms with E-state index < -0.39 is 37.5 Å². The van der Waals surface area contributed by atoms with Gasteiger partial charge >= 0.3 is 5.97 Å². The second-order valence-electron chi connectivity index (χ2n) is 14.0. The molecule has 4 aliphatic rings. The van der Waals surface area contributed by atoms with Crippen molar-refractivity contribution in [2.24, 2.45) is 17.8 Å². The molecule has 0 aromatic carbocycles. The molecule has 42 heavy (non-hydrogen) atoms. The van der Waals surface area contributed by atoms with Crippen LogP contribution in [0.3, 0.4) is 0 Å². The Kier molecular flexibility index (Phi) is 10.6. The summed E-state index contributed by atoms with van der Waals surface area (Å²) >= 11 is 0. The summed E-state index contributed by atoms with van der Waals surface area (Å²) in [4.78, 5) is 12.0. The summed E-state index contributed by atoms with van der Waals surface area (Å²) in [6.07, 6.45) is 0.214. The topological polar surface area (TPSA) is 102 Å². The van der Waals surface area contributed by atoms with Gasteiger partial charge in [-0.05, 0) is 58.2 Å². The fourth-order valence-corrected chi connectivity index (χ4v) is 11.1. The van der Waals surface area contributed by atoms with E-state index in [9.17, 15) is 9.90 Å². The Balaban J connectivity index is 1.60. The maximum Gasteiger partial charge on any atom is 0.306 e. The first-order chi connectivity index (χ1) is 19.7. The number of esters is 1. The van der Waals surface area contributed by atoms with E-state index >= 15 is 0 Å². The minimum absolute atomic E-state index is 0.00602. The molecule has 0 saturated carbocycles. The molecule has 4 heterocycles. The fraction of sp³-hybridized carbons (Fsp3) is 0.969. The number of hydrogen-bond donors (Lipinski definition) is 1.